The normalized spacial score (nSPS) is 25.6. The van der Waals surface area contributed by atoms with Gasteiger partial charge in [-0.2, -0.15) is 0 Å². The van der Waals surface area contributed by atoms with Gasteiger partial charge in [-0.1, -0.05) is 79.9 Å². The van der Waals surface area contributed by atoms with E-state index in [1.165, 1.54) is 12.5 Å². The Morgan fingerprint density at radius 2 is 1.73 bits per heavy atom. The number of benzene rings is 2. The summed E-state index contributed by atoms with van der Waals surface area (Å²) in [6.45, 7) is 0. The number of carbonyl (C=O) groups is 2. The van der Waals surface area contributed by atoms with E-state index in [9.17, 15) is 9.59 Å². The fourth-order valence-corrected chi connectivity index (χ4v) is 7.40. The third kappa shape index (κ3) is 5.25. The summed E-state index contributed by atoms with van der Waals surface area (Å²) in [4.78, 5) is 25.5. The average molecular weight is 547 g/mol. The van der Waals surface area contributed by atoms with Gasteiger partial charge in [0, 0.05) is 34.1 Å². The van der Waals surface area contributed by atoms with Crippen LogP contribution in [0.4, 0.5) is 10.1 Å². The Morgan fingerprint density at radius 3 is 2.46 bits per heavy atom. The lowest BCUT2D eigenvalue weighted by Gasteiger charge is -2.41. The van der Waals surface area contributed by atoms with Crippen LogP contribution in [0.2, 0.25) is 10.0 Å². The third-order valence-electron chi connectivity index (χ3n) is 8.64. The Bertz CT molecular complexity index is 1150. The topological polar surface area (TPSA) is 70.2 Å². The number of anilines is 1. The van der Waals surface area contributed by atoms with Gasteiger partial charge in [-0.15, -0.1) is 0 Å². The van der Waals surface area contributed by atoms with Crippen molar-refractivity contribution in [3.8, 4) is 0 Å². The molecule has 1 unspecified atom stereocenters. The van der Waals surface area contributed by atoms with E-state index in [2.05, 4.69) is 16.0 Å². The van der Waals surface area contributed by atoms with Crippen LogP contribution in [-0.4, -0.2) is 29.9 Å². The zero-order valence-corrected chi connectivity index (χ0v) is 22.4. The maximum Gasteiger partial charge on any atom is 0.238 e. The second kappa shape index (κ2) is 11.3. The Kier molecular flexibility index (Phi) is 8.08. The fraction of sp³-hybridized carbons (Fsp3) is 0.517. The van der Waals surface area contributed by atoms with Crippen molar-refractivity contribution in [2.45, 2.75) is 93.7 Å². The predicted molar refractivity (Wildman–Crippen MR) is 146 cm³/mol. The first-order valence-electron chi connectivity index (χ1n) is 13.4. The average Bonchev–Trinajstić information content (AvgIpc) is 3.21. The lowest BCUT2D eigenvalue weighted by Crippen LogP contribution is -2.53. The quantitative estimate of drug-likeness (QED) is 0.354. The van der Waals surface area contributed by atoms with Crippen LogP contribution in [0.15, 0.2) is 36.4 Å². The highest BCUT2D eigenvalue weighted by molar-refractivity contribution is 6.31. The summed E-state index contributed by atoms with van der Waals surface area (Å²) in [6.07, 6.45) is 10.8. The smallest absolute Gasteiger partial charge is 0.238 e. The van der Waals surface area contributed by atoms with Crippen molar-refractivity contribution < 1.29 is 14.0 Å². The first-order valence-corrected chi connectivity index (χ1v) is 14.2. The fourth-order valence-electron chi connectivity index (χ4n) is 7.05. The second-order valence-electron chi connectivity index (χ2n) is 10.8. The Labute approximate surface area is 227 Å². The number of nitrogens with one attached hydrogen (secondary N) is 3. The molecule has 0 radical (unpaired) electrons. The largest absolute Gasteiger partial charge is 0.352 e. The summed E-state index contributed by atoms with van der Waals surface area (Å²) in [7, 11) is 0. The van der Waals surface area contributed by atoms with Gasteiger partial charge in [-0.25, -0.2) is 4.39 Å². The van der Waals surface area contributed by atoms with Crippen LogP contribution >= 0.6 is 23.2 Å². The number of hydrogen-bond acceptors (Lipinski definition) is 3. The molecule has 0 bridgehead atoms. The lowest BCUT2D eigenvalue weighted by molar-refractivity contribution is -0.124. The van der Waals surface area contributed by atoms with Crippen molar-refractivity contribution in [3.63, 3.8) is 0 Å². The lowest BCUT2D eigenvalue weighted by atomic mass is 9.66. The van der Waals surface area contributed by atoms with Crippen LogP contribution in [0.25, 0.3) is 0 Å². The molecule has 2 amide bonds. The number of carbonyl (C=O) groups excluding carboxylic acids is 2. The zero-order valence-electron chi connectivity index (χ0n) is 20.9. The molecule has 3 N–H and O–H groups in total. The van der Waals surface area contributed by atoms with Crippen molar-refractivity contribution in [1.82, 2.24) is 10.6 Å². The summed E-state index contributed by atoms with van der Waals surface area (Å²) < 4.78 is 15.7. The molecule has 3 atom stereocenters. The minimum Gasteiger partial charge on any atom is -0.352 e. The van der Waals surface area contributed by atoms with Gasteiger partial charge in [0.1, 0.15) is 5.82 Å². The number of halogens is 3. The summed E-state index contributed by atoms with van der Waals surface area (Å²) in [6, 6.07) is 9.95. The molecule has 2 aliphatic carbocycles. The highest BCUT2D eigenvalue weighted by Gasteiger charge is 2.57. The first-order chi connectivity index (χ1) is 17.9. The minimum atomic E-state index is -0.641. The molecule has 1 heterocycles. The van der Waals surface area contributed by atoms with Crippen molar-refractivity contribution >= 4 is 41.2 Å². The van der Waals surface area contributed by atoms with Gasteiger partial charge < -0.3 is 10.6 Å². The molecule has 2 saturated carbocycles. The monoisotopic (exact) mass is 545 g/mol. The molecule has 3 aliphatic rings. The molecule has 2 aromatic rings. The van der Waals surface area contributed by atoms with Crippen LogP contribution in [0, 0.1) is 5.82 Å². The highest BCUT2D eigenvalue weighted by Crippen LogP contribution is 2.56. The van der Waals surface area contributed by atoms with E-state index in [4.69, 9.17) is 23.2 Å². The first kappa shape index (κ1) is 26.5. The SMILES string of the molecule is O=CNc1cc(Cl)ccc1[C@@H]1[C@@H](c2cccc(Cl)c2F)C(C(=O)NC2CCCCC2)NC12CCCCC2. The van der Waals surface area contributed by atoms with Crippen molar-refractivity contribution in [3.05, 3.63) is 63.4 Å². The molecule has 0 aromatic heterocycles. The van der Waals surface area contributed by atoms with E-state index in [1.54, 1.807) is 24.3 Å². The molecule has 1 aliphatic heterocycles. The van der Waals surface area contributed by atoms with E-state index >= 15 is 4.39 Å². The molecule has 2 aromatic carbocycles. The van der Waals surface area contributed by atoms with Crippen LogP contribution in [0.1, 0.15) is 87.2 Å². The summed E-state index contributed by atoms with van der Waals surface area (Å²) in [5.74, 6) is -1.39. The molecule has 5 nitrogen and oxygen atoms in total. The maximum atomic E-state index is 15.7. The van der Waals surface area contributed by atoms with Crippen LogP contribution in [0.3, 0.4) is 0 Å². The van der Waals surface area contributed by atoms with E-state index in [0.717, 1.165) is 63.4 Å². The van der Waals surface area contributed by atoms with Crippen LogP contribution < -0.4 is 16.0 Å². The third-order valence-corrected chi connectivity index (χ3v) is 9.17. The standard InChI is InChI=1S/C29H34Cl2FN3O2/c30-18-12-13-20(23(16-18)33-17-36)25-24(21-10-7-11-22(31)26(21)32)27(35-29(25)14-5-2-6-15-29)28(37)34-19-8-3-1-4-9-19/h7,10-13,16-17,19,24-25,27,35H,1-6,8-9,14-15H2,(H,33,36)(H,34,37)/t24-,25-,27?/m1/s1. The van der Waals surface area contributed by atoms with E-state index in [1.807, 2.05) is 6.07 Å². The van der Waals surface area contributed by atoms with Crippen molar-refractivity contribution in [2.75, 3.05) is 5.32 Å². The molecule has 5 rings (SSSR count). The van der Waals surface area contributed by atoms with Gasteiger partial charge in [0.2, 0.25) is 12.3 Å². The molecular weight excluding hydrogens is 512 g/mol. The molecule has 37 heavy (non-hydrogen) atoms. The number of hydrogen-bond donors (Lipinski definition) is 3. The molecular formula is C29H34Cl2FN3O2. The molecule has 3 fully saturated rings. The minimum absolute atomic E-state index is 0.0367. The van der Waals surface area contributed by atoms with Gasteiger partial charge >= 0.3 is 0 Å². The van der Waals surface area contributed by atoms with Gasteiger partial charge in [-0.3, -0.25) is 14.9 Å². The Hall–Kier alpha value is -2.15. The highest BCUT2D eigenvalue weighted by atomic mass is 35.5. The molecule has 198 valence electrons. The van der Waals surface area contributed by atoms with Gasteiger partial charge in [-0.05, 0) is 55.0 Å². The van der Waals surface area contributed by atoms with E-state index < -0.39 is 23.3 Å². The van der Waals surface area contributed by atoms with Gasteiger partial charge in [0.15, 0.2) is 0 Å². The Morgan fingerprint density at radius 1 is 1.00 bits per heavy atom. The Balaban J connectivity index is 1.65. The maximum absolute atomic E-state index is 15.7. The second-order valence-corrected chi connectivity index (χ2v) is 11.7. The number of amides is 2. The predicted octanol–water partition coefficient (Wildman–Crippen LogP) is 6.69. The summed E-state index contributed by atoms with van der Waals surface area (Å²) >= 11 is 12.6. The molecule has 1 saturated heterocycles. The van der Waals surface area contributed by atoms with E-state index in [0.29, 0.717) is 22.7 Å². The zero-order chi connectivity index (χ0) is 26.0. The van der Waals surface area contributed by atoms with Crippen molar-refractivity contribution in [1.29, 1.82) is 0 Å². The van der Waals surface area contributed by atoms with E-state index in [-0.39, 0.29) is 22.9 Å². The molecule has 8 heteroatoms. The summed E-state index contributed by atoms with van der Waals surface area (Å²) in [5.41, 5.74) is 1.42. The van der Waals surface area contributed by atoms with Gasteiger partial charge in [0.25, 0.3) is 0 Å². The van der Waals surface area contributed by atoms with Crippen LogP contribution in [0.5, 0.6) is 0 Å². The van der Waals surface area contributed by atoms with Crippen molar-refractivity contribution in [2.24, 2.45) is 0 Å². The van der Waals surface area contributed by atoms with Gasteiger partial charge in [0.05, 0.1) is 11.1 Å². The number of rotatable bonds is 6. The van der Waals surface area contributed by atoms with Crippen LogP contribution in [-0.2, 0) is 9.59 Å². The summed E-state index contributed by atoms with van der Waals surface area (Å²) in [5, 5.41) is 10.4. The molecule has 1 spiro atoms.